The molecule has 0 fully saturated rings. The quantitative estimate of drug-likeness (QED) is 0.0590. The van der Waals surface area contributed by atoms with Gasteiger partial charge in [-0.25, -0.2) is 0 Å². The van der Waals surface area contributed by atoms with E-state index in [-0.39, 0.29) is 0 Å². The second-order valence-electron chi connectivity index (χ2n) is 16.2. The molecule has 0 aliphatic carbocycles. The molecule has 0 N–H and O–H groups in total. The Morgan fingerprint density at radius 1 is 0.327 bits per heavy atom. The number of rotatable bonds is 23. The lowest BCUT2D eigenvalue weighted by Gasteiger charge is -2.09. The van der Waals surface area contributed by atoms with Crippen LogP contribution in [0.2, 0.25) is 0 Å². The number of hydrogen-bond acceptors (Lipinski definition) is 0. The molecule has 2 heterocycles. The Hall–Kier alpha value is -3.52. The van der Waals surface area contributed by atoms with E-state index in [0.717, 1.165) is 13.1 Å². The molecular formula is C50H68N2. The summed E-state index contributed by atoms with van der Waals surface area (Å²) < 4.78 is 5.32. The first-order valence-corrected chi connectivity index (χ1v) is 21.6. The molecule has 0 radical (unpaired) electrons. The minimum Gasteiger partial charge on any atom is -0.340 e. The van der Waals surface area contributed by atoms with Crippen molar-refractivity contribution in [2.75, 3.05) is 0 Å². The number of fused-ring (bicyclic) bond motifs is 6. The lowest BCUT2D eigenvalue weighted by Crippen LogP contribution is -1.99. The zero-order valence-corrected chi connectivity index (χ0v) is 33.4. The monoisotopic (exact) mass is 697 g/mol. The van der Waals surface area contributed by atoms with E-state index in [1.54, 1.807) is 0 Å². The van der Waals surface area contributed by atoms with Gasteiger partial charge in [0.1, 0.15) is 0 Å². The topological polar surface area (TPSA) is 9.86 Å². The highest BCUT2D eigenvalue weighted by molar-refractivity contribution is 6.18. The molecule has 0 aliphatic heterocycles. The van der Waals surface area contributed by atoms with Crippen molar-refractivity contribution in [2.24, 2.45) is 0 Å². The summed E-state index contributed by atoms with van der Waals surface area (Å²) in [6, 6.07) is 28.5. The maximum Gasteiger partial charge on any atom is 0.0499 e. The van der Waals surface area contributed by atoms with Crippen molar-refractivity contribution < 1.29 is 0 Å². The van der Waals surface area contributed by atoms with Crippen LogP contribution in [0.15, 0.2) is 72.8 Å². The molecule has 2 aromatic heterocycles. The number of nitrogens with zero attached hydrogens (tertiary/aromatic N) is 2. The second kappa shape index (κ2) is 19.5. The summed E-state index contributed by atoms with van der Waals surface area (Å²) >= 11 is 0. The molecule has 0 saturated carbocycles. The summed E-state index contributed by atoms with van der Waals surface area (Å²) in [6.45, 7) is 11.2. The van der Waals surface area contributed by atoms with Gasteiger partial charge in [0.2, 0.25) is 0 Å². The van der Waals surface area contributed by atoms with Crippen LogP contribution >= 0.6 is 0 Å². The van der Waals surface area contributed by atoms with E-state index in [1.807, 2.05) is 0 Å². The van der Waals surface area contributed by atoms with Gasteiger partial charge in [0.25, 0.3) is 0 Å². The molecule has 0 aliphatic rings. The van der Waals surface area contributed by atoms with E-state index in [2.05, 4.69) is 110 Å². The fourth-order valence-corrected chi connectivity index (χ4v) is 8.72. The largest absolute Gasteiger partial charge is 0.340 e. The van der Waals surface area contributed by atoms with Crippen LogP contribution in [0.25, 0.3) is 54.7 Å². The highest BCUT2D eigenvalue weighted by Crippen LogP contribution is 2.39. The highest BCUT2D eigenvalue weighted by atomic mass is 15.0. The first kappa shape index (κ1) is 38.2. The third-order valence-corrected chi connectivity index (χ3v) is 11.9. The van der Waals surface area contributed by atoms with Crippen molar-refractivity contribution in [3.05, 3.63) is 83.9 Å². The number of benzene rings is 4. The van der Waals surface area contributed by atoms with Crippen LogP contribution < -0.4 is 0 Å². The maximum atomic E-state index is 2.66. The number of unbranched alkanes of at least 4 members (excludes halogenated alkanes) is 18. The molecule has 52 heavy (non-hydrogen) atoms. The Kier molecular flexibility index (Phi) is 14.3. The minimum atomic E-state index is 1.09. The van der Waals surface area contributed by atoms with Crippen LogP contribution in [-0.4, -0.2) is 9.13 Å². The summed E-state index contributed by atoms with van der Waals surface area (Å²) in [5, 5.41) is 5.64. The van der Waals surface area contributed by atoms with Crippen molar-refractivity contribution in [3.8, 4) is 11.1 Å². The Morgan fingerprint density at radius 2 is 0.692 bits per heavy atom. The van der Waals surface area contributed by atoms with Crippen molar-refractivity contribution in [2.45, 2.75) is 169 Å². The average Bonchev–Trinajstić information content (AvgIpc) is 3.62. The summed E-state index contributed by atoms with van der Waals surface area (Å²) in [5.74, 6) is 0. The molecule has 0 amide bonds. The predicted molar refractivity (Wildman–Crippen MR) is 231 cm³/mol. The zero-order valence-electron chi connectivity index (χ0n) is 33.4. The molecule has 6 aromatic rings. The fraction of sp³-hybridized carbons (Fsp3) is 0.520. The van der Waals surface area contributed by atoms with Gasteiger partial charge in [0.15, 0.2) is 0 Å². The van der Waals surface area contributed by atoms with Crippen molar-refractivity contribution in [1.29, 1.82) is 0 Å². The molecular weight excluding hydrogens is 629 g/mol. The number of hydrogen-bond donors (Lipinski definition) is 0. The summed E-state index contributed by atoms with van der Waals surface area (Å²) in [7, 11) is 0. The van der Waals surface area contributed by atoms with E-state index in [0.29, 0.717) is 0 Å². The molecule has 0 spiro atoms. The van der Waals surface area contributed by atoms with Gasteiger partial charge < -0.3 is 9.13 Å². The smallest absolute Gasteiger partial charge is 0.0499 e. The molecule has 4 aromatic carbocycles. The van der Waals surface area contributed by atoms with Crippen LogP contribution in [0.3, 0.4) is 0 Å². The van der Waals surface area contributed by atoms with Gasteiger partial charge >= 0.3 is 0 Å². The highest BCUT2D eigenvalue weighted by Gasteiger charge is 2.18. The standard InChI is InChI=1S/C50H68N2/c1-5-7-9-11-13-15-17-19-21-23-33-51-47-31-27-40(4)35-43(47)45-37-50-46(38-49(45)51)44-36-42(41-28-25-39(3)26-29-41)30-32-48(44)52(50)34-24-22-20-18-16-14-12-10-8-6-2/h25-32,35-38H,5-24,33-34H2,1-4H3. The summed E-state index contributed by atoms with van der Waals surface area (Å²) in [4.78, 5) is 0. The third kappa shape index (κ3) is 9.52. The van der Waals surface area contributed by atoms with Gasteiger partial charge in [-0.3, -0.25) is 0 Å². The first-order chi connectivity index (χ1) is 25.6. The second-order valence-corrected chi connectivity index (χ2v) is 16.2. The molecule has 0 bridgehead atoms. The Balaban J connectivity index is 1.27. The average molecular weight is 697 g/mol. The summed E-state index contributed by atoms with van der Waals surface area (Å²) in [6.07, 6.45) is 27.4. The van der Waals surface area contributed by atoms with Crippen molar-refractivity contribution >= 4 is 43.6 Å². The van der Waals surface area contributed by atoms with Gasteiger partial charge in [-0.1, -0.05) is 177 Å². The van der Waals surface area contributed by atoms with Gasteiger partial charge in [-0.15, -0.1) is 0 Å². The van der Waals surface area contributed by atoms with Crippen molar-refractivity contribution in [3.63, 3.8) is 0 Å². The number of aryl methyl sites for hydroxylation is 4. The molecule has 0 saturated heterocycles. The Morgan fingerprint density at radius 3 is 1.17 bits per heavy atom. The first-order valence-electron chi connectivity index (χ1n) is 21.6. The van der Waals surface area contributed by atoms with Gasteiger partial charge in [-0.05, 0) is 74.2 Å². The molecule has 0 unspecified atom stereocenters. The van der Waals surface area contributed by atoms with Crippen LogP contribution in [0.4, 0.5) is 0 Å². The lowest BCUT2D eigenvalue weighted by atomic mass is 10.0. The molecule has 2 nitrogen and oxygen atoms in total. The SMILES string of the molecule is CCCCCCCCCCCCn1c2ccc(C)cc2c2cc3c(cc21)c1cc(-c2ccc(C)cc2)ccc1n3CCCCCCCCCCCC. The van der Waals surface area contributed by atoms with E-state index in [1.165, 1.54) is 194 Å². The molecule has 0 atom stereocenters. The number of aromatic nitrogens is 2. The lowest BCUT2D eigenvalue weighted by molar-refractivity contribution is 0.541. The van der Waals surface area contributed by atoms with Crippen LogP contribution in [0, 0.1) is 13.8 Å². The molecule has 2 heteroatoms. The van der Waals surface area contributed by atoms with E-state index >= 15 is 0 Å². The van der Waals surface area contributed by atoms with Crippen LogP contribution in [-0.2, 0) is 13.1 Å². The Labute approximate surface area is 316 Å². The Bertz CT molecular complexity index is 1980. The molecule has 6 rings (SSSR count). The van der Waals surface area contributed by atoms with Gasteiger partial charge in [0.05, 0.1) is 0 Å². The minimum absolute atomic E-state index is 1.09. The zero-order chi connectivity index (χ0) is 36.1. The predicted octanol–water partition coefficient (Wildman–Crippen LogP) is 16.0. The van der Waals surface area contributed by atoms with Crippen molar-refractivity contribution in [1.82, 2.24) is 9.13 Å². The van der Waals surface area contributed by atoms with E-state index < -0.39 is 0 Å². The molecule has 278 valence electrons. The van der Waals surface area contributed by atoms with E-state index in [9.17, 15) is 0 Å². The fourth-order valence-electron chi connectivity index (χ4n) is 8.72. The van der Waals surface area contributed by atoms with Crippen LogP contribution in [0.5, 0.6) is 0 Å². The third-order valence-electron chi connectivity index (χ3n) is 11.9. The maximum absolute atomic E-state index is 2.66. The van der Waals surface area contributed by atoms with Gasteiger partial charge in [0, 0.05) is 56.7 Å². The van der Waals surface area contributed by atoms with Gasteiger partial charge in [-0.2, -0.15) is 0 Å². The van der Waals surface area contributed by atoms with E-state index in [4.69, 9.17) is 0 Å². The summed E-state index contributed by atoms with van der Waals surface area (Å²) in [5.41, 5.74) is 10.9. The van der Waals surface area contributed by atoms with Crippen LogP contribution in [0.1, 0.15) is 153 Å². The normalized spacial score (nSPS) is 12.0.